The fourth-order valence-electron chi connectivity index (χ4n) is 1.82. The molecule has 0 bridgehead atoms. The van der Waals surface area contributed by atoms with Gasteiger partial charge in [-0.25, -0.2) is 8.42 Å². The summed E-state index contributed by atoms with van der Waals surface area (Å²) in [5.74, 6) is -0.951. The van der Waals surface area contributed by atoms with Crippen molar-refractivity contribution in [2.45, 2.75) is 11.1 Å². The fourth-order valence-corrected chi connectivity index (χ4v) is 2.89. The van der Waals surface area contributed by atoms with E-state index in [1.165, 1.54) is 30.3 Å². The van der Waals surface area contributed by atoms with Crippen molar-refractivity contribution in [1.82, 2.24) is 5.32 Å². The van der Waals surface area contributed by atoms with Gasteiger partial charge in [0, 0.05) is 11.3 Å². The first-order valence-electron chi connectivity index (χ1n) is 6.70. The van der Waals surface area contributed by atoms with Crippen molar-refractivity contribution in [1.29, 1.82) is 0 Å². The van der Waals surface area contributed by atoms with E-state index in [1.54, 1.807) is 23.5 Å². The van der Waals surface area contributed by atoms with Gasteiger partial charge >= 0.3 is 6.18 Å². The van der Waals surface area contributed by atoms with Crippen LogP contribution in [0, 0.1) is 0 Å². The summed E-state index contributed by atoms with van der Waals surface area (Å²) in [5.41, 5.74) is -0.0222. The Hall–Kier alpha value is -2.55. The molecular weight excluding hydrogens is 345 g/mol. The molecule has 0 saturated heterocycles. The first-order chi connectivity index (χ1) is 11.2. The zero-order valence-electron chi connectivity index (χ0n) is 12.2. The van der Waals surface area contributed by atoms with Crippen LogP contribution in [0.25, 0.3) is 0 Å². The minimum atomic E-state index is -4.53. The van der Waals surface area contributed by atoms with Gasteiger partial charge in [-0.05, 0) is 30.3 Å². The number of nitrogens with one attached hydrogen (secondary N) is 2. The number of anilines is 1. The topological polar surface area (TPSA) is 75.3 Å². The molecule has 2 N–H and O–H groups in total. The van der Waals surface area contributed by atoms with Crippen LogP contribution in [0.2, 0.25) is 0 Å². The highest BCUT2D eigenvalue weighted by molar-refractivity contribution is 7.92. The number of carbonyl (C=O) groups excluding carboxylic acids is 1. The number of halogens is 3. The largest absolute Gasteiger partial charge is 0.405 e. The SMILES string of the molecule is O=C(NCC(F)(F)F)c1cccc(NS(=O)(=O)c2ccccc2)c1. The summed E-state index contributed by atoms with van der Waals surface area (Å²) in [7, 11) is -3.85. The second kappa shape index (κ2) is 6.91. The van der Waals surface area contributed by atoms with Crippen LogP contribution in [0.3, 0.4) is 0 Å². The Morgan fingerprint density at radius 3 is 2.29 bits per heavy atom. The number of amides is 1. The maximum atomic E-state index is 12.2. The smallest absolute Gasteiger partial charge is 0.343 e. The fraction of sp³-hybridized carbons (Fsp3) is 0.133. The molecule has 0 spiro atoms. The Labute approximate surface area is 136 Å². The Morgan fingerprint density at radius 1 is 1.00 bits per heavy atom. The van der Waals surface area contributed by atoms with Crippen LogP contribution < -0.4 is 10.0 Å². The van der Waals surface area contributed by atoms with Crippen molar-refractivity contribution in [3.63, 3.8) is 0 Å². The van der Waals surface area contributed by atoms with Gasteiger partial charge in [-0.15, -0.1) is 0 Å². The van der Waals surface area contributed by atoms with Crippen molar-refractivity contribution in [3.8, 4) is 0 Å². The van der Waals surface area contributed by atoms with Crippen molar-refractivity contribution < 1.29 is 26.4 Å². The van der Waals surface area contributed by atoms with Gasteiger partial charge in [-0.1, -0.05) is 24.3 Å². The van der Waals surface area contributed by atoms with Crippen LogP contribution in [0.5, 0.6) is 0 Å². The Balaban J connectivity index is 2.15. The van der Waals surface area contributed by atoms with E-state index in [0.29, 0.717) is 0 Å². The Bertz CT molecular complexity index is 821. The maximum absolute atomic E-state index is 12.2. The van der Waals surface area contributed by atoms with Gasteiger partial charge in [0.15, 0.2) is 0 Å². The van der Waals surface area contributed by atoms with Crippen molar-refractivity contribution in [2.24, 2.45) is 0 Å². The summed E-state index contributed by atoms with van der Waals surface area (Å²) in [4.78, 5) is 11.7. The number of hydrogen-bond acceptors (Lipinski definition) is 3. The second-order valence-electron chi connectivity index (χ2n) is 4.80. The molecule has 9 heteroatoms. The predicted molar refractivity (Wildman–Crippen MR) is 82.1 cm³/mol. The third-order valence-electron chi connectivity index (χ3n) is 2.88. The van der Waals surface area contributed by atoms with Gasteiger partial charge in [0.05, 0.1) is 4.90 Å². The van der Waals surface area contributed by atoms with E-state index >= 15 is 0 Å². The molecule has 2 rings (SSSR count). The monoisotopic (exact) mass is 358 g/mol. The van der Waals surface area contributed by atoms with Crippen molar-refractivity contribution in [3.05, 3.63) is 60.2 Å². The van der Waals surface area contributed by atoms with Gasteiger partial charge in [0.25, 0.3) is 15.9 Å². The Morgan fingerprint density at radius 2 is 1.67 bits per heavy atom. The lowest BCUT2D eigenvalue weighted by Crippen LogP contribution is -2.33. The van der Waals surface area contributed by atoms with Crippen LogP contribution in [-0.2, 0) is 10.0 Å². The first-order valence-corrected chi connectivity index (χ1v) is 8.18. The molecule has 24 heavy (non-hydrogen) atoms. The van der Waals surface area contributed by atoms with E-state index in [4.69, 9.17) is 0 Å². The lowest BCUT2D eigenvalue weighted by molar-refractivity contribution is -0.123. The molecule has 0 atom stereocenters. The minimum absolute atomic E-state index is 0.0249. The van der Waals surface area contributed by atoms with E-state index in [9.17, 15) is 26.4 Å². The second-order valence-corrected chi connectivity index (χ2v) is 6.48. The average Bonchev–Trinajstić information content (AvgIpc) is 2.52. The number of rotatable bonds is 5. The standard InChI is InChI=1S/C15H13F3N2O3S/c16-15(17,18)10-19-14(21)11-5-4-6-12(9-11)20-24(22,23)13-7-2-1-3-8-13/h1-9,20H,10H2,(H,19,21). The van der Waals surface area contributed by atoms with Gasteiger partial charge in [0.1, 0.15) is 6.54 Å². The zero-order chi connectivity index (χ0) is 17.8. The lowest BCUT2D eigenvalue weighted by Gasteiger charge is -2.11. The van der Waals surface area contributed by atoms with Crippen LogP contribution in [0.4, 0.5) is 18.9 Å². The van der Waals surface area contributed by atoms with Crippen LogP contribution in [0.15, 0.2) is 59.5 Å². The molecule has 0 unspecified atom stereocenters. The van der Waals surface area contributed by atoms with Gasteiger partial charge in [-0.3, -0.25) is 9.52 Å². The molecule has 0 aromatic heterocycles. The maximum Gasteiger partial charge on any atom is 0.405 e. The van der Waals surface area contributed by atoms with E-state index in [-0.39, 0.29) is 16.1 Å². The first kappa shape index (κ1) is 17.8. The zero-order valence-corrected chi connectivity index (χ0v) is 13.0. The molecule has 1 amide bonds. The molecule has 0 aliphatic heterocycles. The highest BCUT2D eigenvalue weighted by atomic mass is 32.2. The summed E-state index contributed by atoms with van der Waals surface area (Å²) >= 11 is 0. The van der Waals surface area contributed by atoms with Gasteiger partial charge < -0.3 is 5.32 Å². The number of hydrogen-bond donors (Lipinski definition) is 2. The number of benzene rings is 2. The van der Waals surface area contributed by atoms with Crippen molar-refractivity contribution >= 4 is 21.6 Å². The highest BCUT2D eigenvalue weighted by Crippen LogP contribution is 2.18. The quantitative estimate of drug-likeness (QED) is 0.863. The normalized spacial score (nSPS) is 11.8. The van der Waals surface area contributed by atoms with Gasteiger partial charge in [-0.2, -0.15) is 13.2 Å². The number of alkyl halides is 3. The molecule has 0 saturated carbocycles. The highest BCUT2D eigenvalue weighted by Gasteiger charge is 2.28. The molecular formula is C15H13F3N2O3S. The summed E-state index contributed by atoms with van der Waals surface area (Å²) < 4.78 is 63.0. The molecule has 5 nitrogen and oxygen atoms in total. The summed E-state index contributed by atoms with van der Waals surface area (Å²) in [6.07, 6.45) is -4.53. The van der Waals surface area contributed by atoms with E-state index < -0.39 is 28.7 Å². The molecule has 0 radical (unpaired) electrons. The number of carbonyl (C=O) groups is 1. The molecule has 0 fully saturated rings. The van der Waals surface area contributed by atoms with E-state index in [1.807, 2.05) is 0 Å². The molecule has 0 aliphatic rings. The van der Waals surface area contributed by atoms with Crippen LogP contribution in [0.1, 0.15) is 10.4 Å². The third-order valence-corrected chi connectivity index (χ3v) is 4.28. The average molecular weight is 358 g/mol. The minimum Gasteiger partial charge on any atom is -0.343 e. The van der Waals surface area contributed by atoms with Gasteiger partial charge in [0.2, 0.25) is 0 Å². The van der Waals surface area contributed by atoms with Crippen molar-refractivity contribution in [2.75, 3.05) is 11.3 Å². The molecule has 128 valence electrons. The third kappa shape index (κ3) is 4.98. The number of sulfonamides is 1. The predicted octanol–water partition coefficient (Wildman–Crippen LogP) is 2.78. The molecule has 2 aromatic carbocycles. The molecule has 2 aromatic rings. The summed E-state index contributed by atoms with van der Waals surface area (Å²) in [5, 5.41) is 1.72. The summed E-state index contributed by atoms with van der Waals surface area (Å²) in [6.45, 7) is -1.47. The van der Waals surface area contributed by atoms with Crippen LogP contribution >= 0.6 is 0 Å². The van der Waals surface area contributed by atoms with E-state index in [0.717, 1.165) is 6.07 Å². The Kier molecular flexibility index (Phi) is 5.13. The van der Waals surface area contributed by atoms with E-state index in [2.05, 4.69) is 4.72 Å². The summed E-state index contributed by atoms with van der Waals surface area (Å²) in [6, 6.07) is 12.7. The molecule has 0 aliphatic carbocycles. The lowest BCUT2D eigenvalue weighted by atomic mass is 10.2. The molecule has 0 heterocycles. The van der Waals surface area contributed by atoms with Crippen LogP contribution in [-0.4, -0.2) is 27.0 Å².